The maximum Gasteiger partial charge on any atom is 0.262 e. The minimum Gasteiger partial charge on any atom is -0.346 e. The van der Waals surface area contributed by atoms with Gasteiger partial charge in [-0.25, -0.2) is 0 Å². The van der Waals surface area contributed by atoms with Crippen molar-refractivity contribution >= 4 is 12.1 Å². The van der Waals surface area contributed by atoms with E-state index < -0.39 is 0 Å². The Bertz CT molecular complexity index is 200. The van der Waals surface area contributed by atoms with Gasteiger partial charge in [-0.1, -0.05) is 12.8 Å². The van der Waals surface area contributed by atoms with Crippen LogP contribution in [0.4, 0.5) is 0 Å². The molecule has 2 aliphatic rings. The van der Waals surface area contributed by atoms with E-state index in [0.717, 1.165) is 12.8 Å². The second kappa shape index (κ2) is 2.64. The number of carbonyl (C=O) groups is 1. The first kappa shape index (κ1) is 6.83. The molecule has 0 spiro atoms. The fraction of sp³-hybridized carbons (Fsp3) is 0.750. The molecule has 1 saturated carbocycles. The van der Waals surface area contributed by atoms with E-state index in [0.29, 0.717) is 12.1 Å². The third-order valence-corrected chi connectivity index (χ3v) is 2.44. The molecule has 1 amide bonds. The third-order valence-electron chi connectivity index (χ3n) is 2.44. The fourth-order valence-electron chi connectivity index (χ4n) is 1.84. The van der Waals surface area contributed by atoms with Crippen LogP contribution in [0.3, 0.4) is 0 Å². The Morgan fingerprint density at radius 3 is 3.18 bits per heavy atom. The van der Waals surface area contributed by atoms with Crippen LogP contribution in [0.25, 0.3) is 0 Å². The Hall–Kier alpha value is -0.860. The molecule has 1 aliphatic heterocycles. The second-order valence-electron chi connectivity index (χ2n) is 3.25. The van der Waals surface area contributed by atoms with Gasteiger partial charge in [0, 0.05) is 0 Å². The number of hydrogen-bond acceptors (Lipinski definition) is 2. The van der Waals surface area contributed by atoms with Gasteiger partial charge in [0.15, 0.2) is 0 Å². The first-order valence-electron chi connectivity index (χ1n) is 4.20. The van der Waals surface area contributed by atoms with Crippen molar-refractivity contribution in [3.8, 4) is 0 Å². The summed E-state index contributed by atoms with van der Waals surface area (Å²) in [5.74, 6) is -0.0202. The van der Waals surface area contributed by atoms with Crippen LogP contribution in [0.2, 0.25) is 0 Å². The monoisotopic (exact) mass is 152 g/mol. The molecular weight excluding hydrogens is 140 g/mol. The quantitative estimate of drug-likeness (QED) is 0.539. The molecule has 3 heteroatoms. The molecule has 3 nitrogen and oxygen atoms in total. The van der Waals surface area contributed by atoms with Crippen molar-refractivity contribution in [3.05, 3.63) is 0 Å². The molecule has 1 aliphatic carbocycles. The first-order chi connectivity index (χ1) is 5.36. The van der Waals surface area contributed by atoms with Gasteiger partial charge in [0.2, 0.25) is 0 Å². The number of amides is 1. The summed E-state index contributed by atoms with van der Waals surface area (Å²) in [6.45, 7) is 0. The molecule has 0 aromatic carbocycles. The van der Waals surface area contributed by atoms with Crippen LogP contribution in [0, 0.1) is 0 Å². The van der Waals surface area contributed by atoms with Crippen molar-refractivity contribution in [1.29, 1.82) is 0 Å². The highest BCUT2D eigenvalue weighted by Gasteiger charge is 2.27. The van der Waals surface area contributed by atoms with Crippen molar-refractivity contribution in [2.75, 3.05) is 0 Å². The number of fused-ring (bicyclic) bond motifs is 1. The Morgan fingerprint density at radius 2 is 2.27 bits per heavy atom. The van der Waals surface area contributed by atoms with Crippen molar-refractivity contribution in [2.45, 2.75) is 37.8 Å². The second-order valence-corrected chi connectivity index (χ2v) is 3.25. The number of nitrogens with one attached hydrogen (secondary N) is 1. The molecule has 0 saturated heterocycles. The summed E-state index contributed by atoms with van der Waals surface area (Å²) in [6.07, 6.45) is 6.16. The molecule has 0 aromatic rings. The smallest absolute Gasteiger partial charge is 0.262 e. The lowest BCUT2D eigenvalue weighted by molar-refractivity contribution is -0.115. The molecule has 0 radical (unpaired) electrons. The van der Waals surface area contributed by atoms with Crippen LogP contribution in [-0.2, 0) is 4.79 Å². The zero-order valence-corrected chi connectivity index (χ0v) is 6.42. The topological polar surface area (TPSA) is 41.5 Å². The van der Waals surface area contributed by atoms with Gasteiger partial charge in [-0.15, -0.1) is 0 Å². The molecule has 11 heavy (non-hydrogen) atoms. The van der Waals surface area contributed by atoms with Crippen LogP contribution in [0.15, 0.2) is 4.99 Å². The van der Waals surface area contributed by atoms with E-state index in [2.05, 4.69) is 10.3 Å². The van der Waals surface area contributed by atoms with E-state index in [9.17, 15) is 4.79 Å². The lowest BCUT2D eigenvalue weighted by Crippen LogP contribution is -2.48. The minimum absolute atomic E-state index is 0.0202. The first-order valence-corrected chi connectivity index (χ1v) is 4.20. The summed E-state index contributed by atoms with van der Waals surface area (Å²) in [4.78, 5) is 15.1. The normalized spacial score (nSPS) is 36.2. The van der Waals surface area contributed by atoms with E-state index in [1.807, 2.05) is 0 Å². The lowest BCUT2D eigenvalue weighted by Gasteiger charge is -2.31. The molecular formula is C8H12N2O. The number of nitrogens with zero attached hydrogens (tertiary/aromatic N) is 1. The van der Waals surface area contributed by atoms with Crippen molar-refractivity contribution in [3.63, 3.8) is 0 Å². The lowest BCUT2D eigenvalue weighted by atomic mass is 9.90. The Kier molecular flexibility index (Phi) is 1.64. The zero-order chi connectivity index (χ0) is 7.68. The highest BCUT2D eigenvalue weighted by atomic mass is 16.1. The third kappa shape index (κ3) is 1.27. The fourth-order valence-corrected chi connectivity index (χ4v) is 1.84. The van der Waals surface area contributed by atoms with Gasteiger partial charge in [0.05, 0.1) is 18.3 Å². The van der Waals surface area contributed by atoms with Gasteiger partial charge >= 0.3 is 0 Å². The highest BCUT2D eigenvalue weighted by Crippen LogP contribution is 2.22. The Balaban J connectivity index is 2.10. The molecule has 2 rings (SSSR count). The Morgan fingerprint density at radius 1 is 1.45 bits per heavy atom. The molecule has 0 aromatic heterocycles. The van der Waals surface area contributed by atoms with Crippen LogP contribution in [-0.4, -0.2) is 24.2 Å². The van der Waals surface area contributed by atoms with Gasteiger partial charge in [-0.2, -0.15) is 0 Å². The van der Waals surface area contributed by atoms with Crippen LogP contribution >= 0.6 is 0 Å². The van der Waals surface area contributed by atoms with Gasteiger partial charge in [0.1, 0.15) is 0 Å². The molecule has 1 N–H and O–H groups in total. The SMILES string of the molecule is O=C1C=N[C@@H]2CCCC[C@@H]2N1. The maximum atomic E-state index is 10.9. The maximum absolute atomic E-state index is 10.9. The van der Waals surface area contributed by atoms with Crippen molar-refractivity contribution < 1.29 is 4.79 Å². The van der Waals surface area contributed by atoms with Crippen LogP contribution < -0.4 is 5.32 Å². The molecule has 1 heterocycles. The summed E-state index contributed by atoms with van der Waals surface area (Å²) in [5.41, 5.74) is 0. The number of rotatable bonds is 0. The predicted octanol–water partition coefficient (Wildman–Crippen LogP) is 0.498. The van der Waals surface area contributed by atoms with Crippen LogP contribution in [0.1, 0.15) is 25.7 Å². The van der Waals surface area contributed by atoms with Gasteiger partial charge in [-0.05, 0) is 12.8 Å². The van der Waals surface area contributed by atoms with E-state index in [1.165, 1.54) is 19.1 Å². The van der Waals surface area contributed by atoms with E-state index in [4.69, 9.17) is 0 Å². The number of hydrogen-bond donors (Lipinski definition) is 1. The van der Waals surface area contributed by atoms with Gasteiger partial charge in [0.25, 0.3) is 5.91 Å². The molecule has 60 valence electrons. The van der Waals surface area contributed by atoms with E-state index >= 15 is 0 Å². The van der Waals surface area contributed by atoms with E-state index in [1.54, 1.807) is 0 Å². The minimum atomic E-state index is -0.0202. The zero-order valence-electron chi connectivity index (χ0n) is 6.42. The molecule has 0 bridgehead atoms. The molecule has 0 unspecified atom stereocenters. The highest BCUT2D eigenvalue weighted by molar-refractivity contribution is 6.26. The number of carbonyl (C=O) groups excluding carboxylic acids is 1. The summed E-state index contributed by atoms with van der Waals surface area (Å²) in [5, 5.41) is 2.93. The Labute approximate surface area is 65.9 Å². The summed E-state index contributed by atoms with van der Waals surface area (Å²) < 4.78 is 0. The van der Waals surface area contributed by atoms with Gasteiger partial charge < -0.3 is 5.32 Å². The largest absolute Gasteiger partial charge is 0.346 e. The number of aliphatic imine (C=N–C) groups is 1. The average molecular weight is 152 g/mol. The van der Waals surface area contributed by atoms with Crippen molar-refractivity contribution in [1.82, 2.24) is 5.32 Å². The average Bonchev–Trinajstić information content (AvgIpc) is 2.04. The predicted molar refractivity (Wildman–Crippen MR) is 42.7 cm³/mol. The van der Waals surface area contributed by atoms with Crippen molar-refractivity contribution in [2.24, 2.45) is 4.99 Å². The van der Waals surface area contributed by atoms with E-state index in [-0.39, 0.29) is 5.91 Å². The standard InChI is InChI=1S/C8H12N2O/c11-8-5-9-6-3-1-2-4-7(6)10-8/h5-7H,1-4H2,(H,10,11)/t6-,7+/m1/s1. The summed E-state index contributed by atoms with van der Waals surface area (Å²) >= 11 is 0. The summed E-state index contributed by atoms with van der Waals surface area (Å²) in [7, 11) is 0. The van der Waals surface area contributed by atoms with Gasteiger partial charge in [-0.3, -0.25) is 9.79 Å². The molecule has 2 atom stereocenters. The molecule has 1 fully saturated rings. The van der Waals surface area contributed by atoms with Crippen LogP contribution in [0.5, 0.6) is 0 Å². The summed E-state index contributed by atoms with van der Waals surface area (Å²) in [6, 6.07) is 0.711.